The number of ether oxygens (including phenoxy) is 6. The van der Waals surface area contributed by atoms with Gasteiger partial charge in [0.1, 0.15) is 0 Å². The first-order valence-electron chi connectivity index (χ1n) is 11.1. The molecule has 0 aliphatic rings. The second-order valence-electron chi connectivity index (χ2n) is 6.33. The molecule has 0 aromatic rings. The Balaban J connectivity index is 4.38. The van der Waals surface area contributed by atoms with Gasteiger partial charge >= 0.3 is 0 Å². The molecule has 0 saturated heterocycles. The van der Waals surface area contributed by atoms with E-state index in [1.165, 1.54) is 0 Å². The van der Waals surface area contributed by atoms with Crippen molar-refractivity contribution in [2.24, 2.45) is 0 Å². The van der Waals surface area contributed by atoms with Gasteiger partial charge in [0.25, 0.3) is 0 Å². The van der Waals surface area contributed by atoms with Crippen LogP contribution in [0.5, 0.6) is 0 Å². The highest BCUT2D eigenvalue weighted by molar-refractivity contribution is 4.59. The zero-order valence-electron chi connectivity index (χ0n) is 19.1. The van der Waals surface area contributed by atoms with Gasteiger partial charge < -0.3 is 28.4 Å². The van der Waals surface area contributed by atoms with Crippen molar-refractivity contribution in [1.29, 1.82) is 0 Å². The molecule has 0 saturated carbocycles. The van der Waals surface area contributed by atoms with E-state index in [1.807, 2.05) is 20.8 Å². The van der Waals surface area contributed by atoms with Gasteiger partial charge in [0.15, 0.2) is 18.9 Å². The molecule has 0 aromatic carbocycles. The molecule has 3 atom stereocenters. The maximum absolute atomic E-state index is 5.84. The van der Waals surface area contributed by atoms with Crippen LogP contribution in [-0.4, -0.2) is 83.0 Å². The third-order valence-electron chi connectivity index (χ3n) is 4.19. The van der Waals surface area contributed by atoms with Crippen molar-refractivity contribution in [2.45, 2.75) is 79.7 Å². The highest BCUT2D eigenvalue weighted by Gasteiger charge is 2.12. The van der Waals surface area contributed by atoms with Crippen LogP contribution in [0.3, 0.4) is 0 Å². The summed E-state index contributed by atoms with van der Waals surface area (Å²) >= 11 is 0. The molecule has 0 amide bonds. The Morgan fingerprint density at radius 2 is 0.750 bits per heavy atom. The summed E-state index contributed by atoms with van der Waals surface area (Å²) in [4.78, 5) is 2.29. The lowest BCUT2D eigenvalue weighted by atomic mass is 10.4. The van der Waals surface area contributed by atoms with Gasteiger partial charge in [-0.3, -0.25) is 4.90 Å². The van der Waals surface area contributed by atoms with E-state index in [0.29, 0.717) is 39.6 Å². The normalized spacial score (nSPS) is 15.1. The van der Waals surface area contributed by atoms with Gasteiger partial charge in [0.05, 0.1) is 19.8 Å². The number of nitrogens with zero attached hydrogens (tertiary/aromatic N) is 1. The Hall–Kier alpha value is -0.280. The minimum Gasteiger partial charge on any atom is -0.353 e. The third kappa shape index (κ3) is 14.7. The molecular weight excluding hydrogens is 362 g/mol. The maximum Gasteiger partial charge on any atom is 0.157 e. The van der Waals surface area contributed by atoms with E-state index in [-0.39, 0.29) is 18.9 Å². The van der Waals surface area contributed by atoms with Crippen LogP contribution < -0.4 is 0 Å². The smallest absolute Gasteiger partial charge is 0.157 e. The van der Waals surface area contributed by atoms with E-state index in [0.717, 1.165) is 38.9 Å². The Labute approximate surface area is 172 Å². The molecule has 170 valence electrons. The first kappa shape index (κ1) is 27.7. The van der Waals surface area contributed by atoms with E-state index in [4.69, 9.17) is 28.4 Å². The highest BCUT2D eigenvalue weighted by Crippen LogP contribution is 2.04. The lowest BCUT2D eigenvalue weighted by Gasteiger charge is -2.26. The van der Waals surface area contributed by atoms with Crippen molar-refractivity contribution in [1.82, 2.24) is 4.90 Å². The van der Waals surface area contributed by atoms with Crippen molar-refractivity contribution in [3.63, 3.8) is 0 Å². The molecular formula is C21H45NO6. The molecule has 0 radical (unpaired) electrons. The van der Waals surface area contributed by atoms with Gasteiger partial charge in [-0.1, -0.05) is 20.8 Å². The van der Waals surface area contributed by atoms with Crippen LogP contribution in [0.25, 0.3) is 0 Å². The first-order valence-corrected chi connectivity index (χ1v) is 11.1. The molecule has 0 rings (SSSR count). The summed E-state index contributed by atoms with van der Waals surface area (Å²) in [5, 5.41) is 0. The van der Waals surface area contributed by atoms with Gasteiger partial charge in [-0.2, -0.15) is 0 Å². The second kappa shape index (κ2) is 20.0. The van der Waals surface area contributed by atoms with Crippen molar-refractivity contribution in [3.05, 3.63) is 0 Å². The first-order chi connectivity index (χ1) is 13.6. The predicted molar refractivity (Wildman–Crippen MR) is 111 cm³/mol. The molecule has 0 aliphatic carbocycles. The van der Waals surface area contributed by atoms with Crippen LogP contribution in [0.4, 0.5) is 0 Å². The standard InChI is InChI=1S/C21H45NO6/c1-7-19(23-10-4)26-16-13-22(14-17-27-20(8-2)24-11-5)15-18-28-21(9-3)25-12-6/h19-21H,7-18H2,1-6H3. The van der Waals surface area contributed by atoms with Crippen molar-refractivity contribution < 1.29 is 28.4 Å². The number of hydrogen-bond acceptors (Lipinski definition) is 7. The fourth-order valence-electron chi connectivity index (χ4n) is 2.68. The summed E-state index contributed by atoms with van der Waals surface area (Å²) in [6, 6.07) is 0. The fraction of sp³-hybridized carbons (Fsp3) is 1.00. The summed E-state index contributed by atoms with van der Waals surface area (Å²) in [7, 11) is 0. The molecule has 7 nitrogen and oxygen atoms in total. The predicted octanol–water partition coefficient (Wildman–Crippen LogP) is 3.66. The Kier molecular flexibility index (Phi) is 19.8. The van der Waals surface area contributed by atoms with Crippen LogP contribution in [0.2, 0.25) is 0 Å². The topological polar surface area (TPSA) is 58.6 Å². The van der Waals surface area contributed by atoms with E-state index in [1.54, 1.807) is 0 Å². The molecule has 0 bridgehead atoms. The molecule has 0 heterocycles. The summed E-state index contributed by atoms with van der Waals surface area (Å²) in [5.41, 5.74) is 0. The minimum atomic E-state index is -0.135. The lowest BCUT2D eigenvalue weighted by molar-refractivity contribution is -0.155. The summed E-state index contributed by atoms with van der Waals surface area (Å²) < 4.78 is 34.2. The molecule has 0 N–H and O–H groups in total. The van der Waals surface area contributed by atoms with Crippen molar-refractivity contribution in [2.75, 3.05) is 59.3 Å². The molecule has 0 spiro atoms. The lowest BCUT2D eigenvalue weighted by Crippen LogP contribution is -2.36. The monoisotopic (exact) mass is 407 g/mol. The quantitative estimate of drug-likeness (QED) is 0.269. The van der Waals surface area contributed by atoms with Gasteiger partial charge in [-0.25, -0.2) is 0 Å². The fourth-order valence-corrected chi connectivity index (χ4v) is 2.68. The zero-order valence-corrected chi connectivity index (χ0v) is 19.1. The van der Waals surface area contributed by atoms with Crippen LogP contribution in [-0.2, 0) is 28.4 Å². The Morgan fingerprint density at radius 3 is 0.964 bits per heavy atom. The Bertz CT molecular complexity index is 274. The van der Waals surface area contributed by atoms with Crippen LogP contribution in [0.1, 0.15) is 60.8 Å². The molecule has 3 unspecified atom stereocenters. The minimum absolute atomic E-state index is 0.135. The second-order valence-corrected chi connectivity index (χ2v) is 6.33. The zero-order chi connectivity index (χ0) is 21.0. The summed E-state index contributed by atoms with van der Waals surface area (Å²) in [6.45, 7) is 18.4. The SMILES string of the molecule is CCOC(CC)OCCN(CCOC(CC)OCC)CCOC(CC)OCC. The molecule has 0 fully saturated rings. The van der Waals surface area contributed by atoms with E-state index < -0.39 is 0 Å². The third-order valence-corrected chi connectivity index (χ3v) is 4.19. The van der Waals surface area contributed by atoms with Crippen molar-refractivity contribution in [3.8, 4) is 0 Å². The van der Waals surface area contributed by atoms with E-state index in [9.17, 15) is 0 Å². The summed E-state index contributed by atoms with van der Waals surface area (Å²) in [5.74, 6) is 0. The highest BCUT2D eigenvalue weighted by atomic mass is 16.7. The van der Waals surface area contributed by atoms with Gasteiger partial charge in [-0.05, 0) is 40.0 Å². The number of hydrogen-bond donors (Lipinski definition) is 0. The van der Waals surface area contributed by atoms with Gasteiger partial charge in [0, 0.05) is 39.5 Å². The molecule has 0 aliphatic heterocycles. The van der Waals surface area contributed by atoms with E-state index in [2.05, 4.69) is 25.7 Å². The molecule has 28 heavy (non-hydrogen) atoms. The van der Waals surface area contributed by atoms with Gasteiger partial charge in [-0.15, -0.1) is 0 Å². The largest absolute Gasteiger partial charge is 0.353 e. The maximum atomic E-state index is 5.84. The van der Waals surface area contributed by atoms with E-state index >= 15 is 0 Å². The summed E-state index contributed by atoms with van der Waals surface area (Å²) in [6.07, 6.45) is 2.13. The Morgan fingerprint density at radius 1 is 0.464 bits per heavy atom. The van der Waals surface area contributed by atoms with Crippen LogP contribution in [0.15, 0.2) is 0 Å². The van der Waals surface area contributed by atoms with Crippen molar-refractivity contribution >= 4 is 0 Å². The van der Waals surface area contributed by atoms with Crippen LogP contribution in [0, 0.1) is 0 Å². The molecule has 7 heteroatoms. The molecule has 0 aromatic heterocycles. The number of rotatable bonds is 21. The van der Waals surface area contributed by atoms with Crippen LogP contribution >= 0.6 is 0 Å². The van der Waals surface area contributed by atoms with Gasteiger partial charge in [0.2, 0.25) is 0 Å². The average molecular weight is 408 g/mol. The average Bonchev–Trinajstić information content (AvgIpc) is 2.71.